The van der Waals surface area contributed by atoms with Gasteiger partial charge in [0, 0.05) is 18.3 Å². The van der Waals surface area contributed by atoms with Crippen LogP contribution in [-0.2, 0) is 23.0 Å². The molecule has 0 spiro atoms. The number of para-hydroxylation sites is 1. The highest BCUT2D eigenvalue weighted by Crippen LogP contribution is 2.34. The molecule has 9 heteroatoms. The van der Waals surface area contributed by atoms with Crippen LogP contribution in [-0.4, -0.2) is 30.8 Å². The molecule has 0 bridgehead atoms. The fourth-order valence-electron chi connectivity index (χ4n) is 4.63. The predicted octanol–water partition coefficient (Wildman–Crippen LogP) is 5.60. The Balaban J connectivity index is 1.32. The van der Waals surface area contributed by atoms with E-state index in [9.17, 15) is 13.2 Å². The molecule has 0 unspecified atom stereocenters. The average molecular weight is 541 g/mol. The van der Waals surface area contributed by atoms with Crippen LogP contribution >= 0.6 is 11.3 Å². The van der Waals surface area contributed by atoms with Crippen LogP contribution in [0.25, 0.3) is 10.2 Å². The number of pyridine rings is 1. The summed E-state index contributed by atoms with van der Waals surface area (Å²) in [5, 5.41) is 0.562. The number of aromatic nitrogens is 2. The Morgan fingerprint density at radius 3 is 2.58 bits per heavy atom. The lowest BCUT2D eigenvalue weighted by Gasteiger charge is -2.21. The van der Waals surface area contributed by atoms with Gasteiger partial charge in [0.1, 0.15) is 0 Å². The van der Waals surface area contributed by atoms with Crippen molar-refractivity contribution in [1.82, 2.24) is 9.97 Å². The average Bonchev–Trinajstić information content (AvgIpc) is 3.56. The number of amides is 1. The monoisotopic (exact) mass is 540 g/mol. The second kappa shape index (κ2) is 9.66. The van der Waals surface area contributed by atoms with Crippen LogP contribution in [0.1, 0.15) is 27.2 Å². The number of fused-ring (bicyclic) bond motifs is 2. The largest absolute Gasteiger partial charge is 0.278 e. The summed E-state index contributed by atoms with van der Waals surface area (Å²) in [4.78, 5) is 24.6. The fraction of sp³-hybridized carbons (Fsp3) is 0.138. The minimum Gasteiger partial charge on any atom is -0.278 e. The van der Waals surface area contributed by atoms with E-state index in [1.807, 2.05) is 61.5 Å². The van der Waals surface area contributed by atoms with Crippen LogP contribution in [0.4, 0.5) is 10.8 Å². The number of nitrogens with zero attached hydrogens (tertiary/aromatic N) is 4. The van der Waals surface area contributed by atoms with Gasteiger partial charge in [-0.3, -0.25) is 19.0 Å². The minimum absolute atomic E-state index is 0.150. The number of hydrogen-bond acceptors (Lipinski definition) is 6. The van der Waals surface area contributed by atoms with Gasteiger partial charge in [0.25, 0.3) is 15.9 Å². The van der Waals surface area contributed by atoms with E-state index in [1.165, 1.54) is 27.8 Å². The highest BCUT2D eigenvalue weighted by molar-refractivity contribution is 7.92. The Morgan fingerprint density at radius 2 is 1.79 bits per heavy atom. The van der Waals surface area contributed by atoms with E-state index in [2.05, 4.69) is 11.1 Å². The van der Waals surface area contributed by atoms with Crippen LogP contribution < -0.4 is 9.21 Å². The highest BCUT2D eigenvalue weighted by atomic mass is 32.2. The number of aryl methyl sites for hydroxylation is 1. The Morgan fingerprint density at radius 1 is 1.00 bits per heavy atom. The van der Waals surface area contributed by atoms with Gasteiger partial charge >= 0.3 is 0 Å². The molecular formula is C29H24N4O3S2. The highest BCUT2D eigenvalue weighted by Gasteiger charge is 2.31. The second-order valence-corrected chi connectivity index (χ2v) is 12.0. The molecule has 1 aliphatic heterocycles. The van der Waals surface area contributed by atoms with Crippen LogP contribution in [0.3, 0.4) is 0 Å². The molecule has 190 valence electrons. The Labute approximate surface area is 225 Å². The molecule has 0 atom stereocenters. The van der Waals surface area contributed by atoms with Gasteiger partial charge in [0.05, 0.1) is 33.0 Å². The van der Waals surface area contributed by atoms with E-state index in [0.29, 0.717) is 29.3 Å². The van der Waals surface area contributed by atoms with E-state index >= 15 is 0 Å². The molecule has 5 aromatic rings. The SMILES string of the molecule is Cc1ccc2nc(N(Cc3ccccn3)C(=O)c3ccc(S(=O)(=O)N4CCc5ccccc54)cc3)sc2c1. The van der Waals surface area contributed by atoms with E-state index in [0.717, 1.165) is 27.0 Å². The zero-order chi connectivity index (χ0) is 26.3. The smallest absolute Gasteiger partial charge is 0.264 e. The van der Waals surface area contributed by atoms with Crippen LogP contribution in [0.5, 0.6) is 0 Å². The second-order valence-electron chi connectivity index (χ2n) is 9.16. The van der Waals surface area contributed by atoms with Gasteiger partial charge in [0.2, 0.25) is 0 Å². The molecule has 3 heterocycles. The number of hydrogen-bond donors (Lipinski definition) is 0. The zero-order valence-corrected chi connectivity index (χ0v) is 22.2. The summed E-state index contributed by atoms with van der Waals surface area (Å²) >= 11 is 1.44. The summed E-state index contributed by atoms with van der Waals surface area (Å²) in [6.07, 6.45) is 2.37. The third-order valence-electron chi connectivity index (χ3n) is 6.59. The van der Waals surface area contributed by atoms with Gasteiger partial charge in [-0.2, -0.15) is 0 Å². The lowest BCUT2D eigenvalue weighted by atomic mass is 10.2. The first-order valence-corrected chi connectivity index (χ1v) is 14.5. The summed E-state index contributed by atoms with van der Waals surface area (Å²) < 4.78 is 29.3. The predicted molar refractivity (Wildman–Crippen MR) is 150 cm³/mol. The van der Waals surface area contributed by atoms with Crippen molar-refractivity contribution >= 4 is 48.3 Å². The number of carbonyl (C=O) groups is 1. The number of sulfonamides is 1. The number of benzene rings is 3. The van der Waals surface area contributed by atoms with Crippen LogP contribution in [0.2, 0.25) is 0 Å². The molecule has 1 amide bonds. The number of thiazole rings is 1. The molecule has 1 aliphatic rings. The van der Waals surface area contributed by atoms with Crippen molar-refractivity contribution in [3.63, 3.8) is 0 Å². The maximum Gasteiger partial charge on any atom is 0.264 e. The summed E-state index contributed by atoms with van der Waals surface area (Å²) in [6.45, 7) is 2.66. The fourth-order valence-corrected chi connectivity index (χ4v) is 7.19. The van der Waals surface area contributed by atoms with Gasteiger partial charge in [-0.25, -0.2) is 13.4 Å². The maximum absolute atomic E-state index is 13.8. The third kappa shape index (κ3) is 4.44. The van der Waals surface area contributed by atoms with Crippen molar-refractivity contribution in [1.29, 1.82) is 0 Å². The molecule has 0 N–H and O–H groups in total. The molecule has 6 rings (SSSR count). The molecule has 0 aliphatic carbocycles. The van der Waals surface area contributed by atoms with Gasteiger partial charge in [0.15, 0.2) is 5.13 Å². The van der Waals surface area contributed by atoms with E-state index in [-0.39, 0.29) is 17.3 Å². The Kier molecular flexibility index (Phi) is 6.17. The Hall–Kier alpha value is -4.08. The van der Waals surface area contributed by atoms with Crippen molar-refractivity contribution in [3.05, 3.63) is 114 Å². The molecule has 0 saturated heterocycles. The minimum atomic E-state index is -3.75. The van der Waals surface area contributed by atoms with E-state index in [1.54, 1.807) is 23.2 Å². The number of rotatable bonds is 6. The van der Waals surface area contributed by atoms with Crippen LogP contribution in [0.15, 0.2) is 96.0 Å². The maximum atomic E-state index is 13.8. The first-order valence-electron chi connectivity index (χ1n) is 12.2. The van der Waals surface area contributed by atoms with Crippen molar-refractivity contribution < 1.29 is 13.2 Å². The van der Waals surface area contributed by atoms with Gasteiger partial charge in [-0.05, 0) is 79.1 Å². The van der Waals surface area contributed by atoms with Crippen molar-refractivity contribution in [3.8, 4) is 0 Å². The topological polar surface area (TPSA) is 83.5 Å². The van der Waals surface area contributed by atoms with Crippen molar-refractivity contribution in [2.75, 3.05) is 15.7 Å². The molecule has 7 nitrogen and oxygen atoms in total. The molecule has 38 heavy (non-hydrogen) atoms. The first kappa shape index (κ1) is 24.3. The summed E-state index contributed by atoms with van der Waals surface area (Å²) in [5.74, 6) is -0.276. The van der Waals surface area contributed by atoms with Gasteiger partial charge < -0.3 is 0 Å². The van der Waals surface area contributed by atoms with Gasteiger partial charge in [-0.15, -0.1) is 0 Å². The van der Waals surface area contributed by atoms with E-state index < -0.39 is 10.0 Å². The molecular weight excluding hydrogens is 516 g/mol. The Bertz CT molecular complexity index is 1750. The number of carbonyl (C=O) groups excluding carboxylic acids is 1. The molecule has 0 fully saturated rings. The zero-order valence-electron chi connectivity index (χ0n) is 20.6. The summed E-state index contributed by atoms with van der Waals surface area (Å²) in [7, 11) is -3.75. The number of anilines is 2. The molecule has 3 aromatic carbocycles. The van der Waals surface area contributed by atoms with Crippen molar-refractivity contribution in [2.24, 2.45) is 0 Å². The summed E-state index contributed by atoms with van der Waals surface area (Å²) in [6, 6.07) is 25.2. The molecule has 0 saturated carbocycles. The standard InChI is InChI=1S/C29H24N4O3S2/c1-20-9-14-25-27(18-20)37-29(31-25)32(19-23-7-4-5-16-30-23)28(34)22-10-12-24(13-11-22)38(35,36)33-17-15-21-6-2-3-8-26(21)33/h2-14,16,18H,15,17,19H2,1H3. The summed E-state index contributed by atoms with van der Waals surface area (Å²) in [5.41, 5.74) is 4.76. The lowest BCUT2D eigenvalue weighted by molar-refractivity contribution is 0.0984. The quantitative estimate of drug-likeness (QED) is 0.280. The molecule has 0 radical (unpaired) electrons. The van der Waals surface area contributed by atoms with Crippen LogP contribution in [0, 0.1) is 6.92 Å². The molecule has 2 aromatic heterocycles. The lowest BCUT2D eigenvalue weighted by Crippen LogP contribution is -2.31. The third-order valence-corrected chi connectivity index (χ3v) is 9.46. The normalized spacial score (nSPS) is 13.0. The first-order chi connectivity index (χ1) is 18.4. The van der Waals surface area contributed by atoms with E-state index in [4.69, 9.17) is 4.98 Å². The van der Waals surface area contributed by atoms with Crippen molar-refractivity contribution in [2.45, 2.75) is 24.8 Å². The van der Waals surface area contributed by atoms with Gasteiger partial charge in [-0.1, -0.05) is 41.7 Å².